The Balaban J connectivity index is 2.46. The molecule has 0 spiro atoms. The molecule has 1 heterocycles. The molecule has 1 atom stereocenters. The fourth-order valence-electron chi connectivity index (χ4n) is 3.13. The molecule has 2 N–H and O–H groups in total. The molecule has 1 aliphatic rings. The summed E-state index contributed by atoms with van der Waals surface area (Å²) in [6.07, 6.45) is 3.88. The van der Waals surface area contributed by atoms with E-state index in [9.17, 15) is 0 Å². The topological polar surface area (TPSA) is 32.5 Å². The number of hydrogen-bond donors (Lipinski definition) is 1. The molecule has 0 aromatic rings. The minimum absolute atomic E-state index is 0.279. The zero-order valence-electron chi connectivity index (χ0n) is 13.2. The fraction of sp³-hybridized carbons (Fsp3) is 1.00. The molecular formula is C15H33N3S. The summed E-state index contributed by atoms with van der Waals surface area (Å²) < 4.78 is 0. The molecule has 1 saturated heterocycles. The van der Waals surface area contributed by atoms with Crippen LogP contribution in [-0.2, 0) is 0 Å². The van der Waals surface area contributed by atoms with Crippen molar-refractivity contribution in [2.24, 2.45) is 5.73 Å². The Labute approximate surface area is 124 Å². The van der Waals surface area contributed by atoms with Gasteiger partial charge in [-0.05, 0) is 57.7 Å². The lowest BCUT2D eigenvalue weighted by Gasteiger charge is -2.45. The van der Waals surface area contributed by atoms with Gasteiger partial charge in [-0.2, -0.15) is 11.8 Å². The molecule has 4 heteroatoms. The summed E-state index contributed by atoms with van der Waals surface area (Å²) in [6, 6.07) is 0. The Bertz CT molecular complexity index is 225. The van der Waals surface area contributed by atoms with E-state index in [2.05, 4.69) is 42.3 Å². The van der Waals surface area contributed by atoms with Crippen molar-refractivity contribution in [3.63, 3.8) is 0 Å². The SMILES string of the molecule is CCN(CC)CCCN(CC)C1(CN)CCCSC1. The van der Waals surface area contributed by atoms with Crippen molar-refractivity contribution in [3.8, 4) is 0 Å². The van der Waals surface area contributed by atoms with Crippen LogP contribution in [0.5, 0.6) is 0 Å². The van der Waals surface area contributed by atoms with E-state index in [1.54, 1.807) is 0 Å². The fourth-order valence-corrected chi connectivity index (χ4v) is 4.45. The van der Waals surface area contributed by atoms with Gasteiger partial charge in [-0.1, -0.05) is 20.8 Å². The zero-order chi connectivity index (χ0) is 14.1. The largest absolute Gasteiger partial charge is 0.329 e. The molecule has 1 rings (SSSR count). The second-order valence-corrected chi connectivity index (χ2v) is 6.65. The Hall–Kier alpha value is 0.230. The van der Waals surface area contributed by atoms with Crippen LogP contribution >= 0.6 is 11.8 Å². The number of rotatable bonds is 9. The first-order valence-corrected chi connectivity index (χ1v) is 9.13. The molecule has 3 nitrogen and oxygen atoms in total. The van der Waals surface area contributed by atoms with Crippen LogP contribution in [0.25, 0.3) is 0 Å². The van der Waals surface area contributed by atoms with Crippen LogP contribution in [0.3, 0.4) is 0 Å². The van der Waals surface area contributed by atoms with E-state index in [-0.39, 0.29) is 5.54 Å². The van der Waals surface area contributed by atoms with Gasteiger partial charge >= 0.3 is 0 Å². The molecular weight excluding hydrogens is 254 g/mol. The summed E-state index contributed by atoms with van der Waals surface area (Å²) in [5, 5.41) is 0. The van der Waals surface area contributed by atoms with Crippen LogP contribution in [-0.4, -0.2) is 66.1 Å². The maximum Gasteiger partial charge on any atom is 0.0422 e. The van der Waals surface area contributed by atoms with Crippen molar-refractivity contribution >= 4 is 11.8 Å². The van der Waals surface area contributed by atoms with Gasteiger partial charge in [0, 0.05) is 17.8 Å². The molecule has 114 valence electrons. The van der Waals surface area contributed by atoms with E-state index in [1.165, 1.54) is 56.9 Å². The van der Waals surface area contributed by atoms with E-state index in [1.807, 2.05) is 0 Å². The lowest BCUT2D eigenvalue weighted by molar-refractivity contribution is 0.102. The van der Waals surface area contributed by atoms with Crippen LogP contribution < -0.4 is 5.73 Å². The Kier molecular flexibility index (Phi) is 8.38. The second kappa shape index (κ2) is 9.22. The van der Waals surface area contributed by atoms with Crippen LogP contribution in [0.2, 0.25) is 0 Å². The minimum atomic E-state index is 0.279. The summed E-state index contributed by atoms with van der Waals surface area (Å²) >= 11 is 2.09. The van der Waals surface area contributed by atoms with Gasteiger partial charge in [0.2, 0.25) is 0 Å². The van der Waals surface area contributed by atoms with Crippen LogP contribution in [0.4, 0.5) is 0 Å². The van der Waals surface area contributed by atoms with Crippen molar-refractivity contribution in [2.75, 3.05) is 50.8 Å². The normalized spacial score (nSPS) is 24.3. The average molecular weight is 288 g/mol. The second-order valence-electron chi connectivity index (χ2n) is 5.54. The third-order valence-electron chi connectivity index (χ3n) is 4.53. The monoisotopic (exact) mass is 287 g/mol. The third kappa shape index (κ3) is 4.92. The highest BCUT2D eigenvalue weighted by atomic mass is 32.2. The molecule has 0 saturated carbocycles. The summed E-state index contributed by atoms with van der Waals surface area (Å²) in [7, 11) is 0. The van der Waals surface area contributed by atoms with E-state index in [0.717, 1.165) is 13.1 Å². The number of thioether (sulfide) groups is 1. The molecule has 0 bridgehead atoms. The molecule has 1 aliphatic heterocycles. The van der Waals surface area contributed by atoms with E-state index in [4.69, 9.17) is 5.73 Å². The van der Waals surface area contributed by atoms with E-state index >= 15 is 0 Å². The number of nitrogens with zero attached hydrogens (tertiary/aromatic N) is 2. The molecule has 1 unspecified atom stereocenters. The third-order valence-corrected chi connectivity index (χ3v) is 5.85. The molecule has 19 heavy (non-hydrogen) atoms. The summed E-state index contributed by atoms with van der Waals surface area (Å²) in [6.45, 7) is 13.5. The smallest absolute Gasteiger partial charge is 0.0422 e. The van der Waals surface area contributed by atoms with Gasteiger partial charge in [-0.3, -0.25) is 4.90 Å². The lowest BCUT2D eigenvalue weighted by Crippen LogP contribution is -2.57. The average Bonchev–Trinajstić information content (AvgIpc) is 2.48. The summed E-state index contributed by atoms with van der Waals surface area (Å²) in [5.74, 6) is 2.54. The molecule has 0 aliphatic carbocycles. The maximum absolute atomic E-state index is 6.13. The standard InChI is InChI=1S/C15H33N3S/c1-4-17(5-2)10-8-11-18(6-3)15(13-16)9-7-12-19-14-15/h4-14,16H2,1-3H3. The van der Waals surface area contributed by atoms with E-state index < -0.39 is 0 Å². The Morgan fingerprint density at radius 2 is 1.84 bits per heavy atom. The van der Waals surface area contributed by atoms with Crippen molar-refractivity contribution in [2.45, 2.75) is 45.6 Å². The Morgan fingerprint density at radius 1 is 1.11 bits per heavy atom. The Morgan fingerprint density at radius 3 is 2.32 bits per heavy atom. The number of hydrogen-bond acceptors (Lipinski definition) is 4. The van der Waals surface area contributed by atoms with Crippen molar-refractivity contribution < 1.29 is 0 Å². The van der Waals surface area contributed by atoms with Gasteiger partial charge in [-0.25, -0.2) is 0 Å². The highest BCUT2D eigenvalue weighted by Gasteiger charge is 2.35. The summed E-state index contributed by atoms with van der Waals surface area (Å²) in [5.41, 5.74) is 6.41. The quantitative estimate of drug-likeness (QED) is 0.705. The van der Waals surface area contributed by atoms with Gasteiger partial charge < -0.3 is 10.6 Å². The van der Waals surface area contributed by atoms with Gasteiger partial charge in [0.1, 0.15) is 0 Å². The lowest BCUT2D eigenvalue weighted by atomic mass is 9.92. The van der Waals surface area contributed by atoms with Crippen molar-refractivity contribution in [1.82, 2.24) is 9.80 Å². The maximum atomic E-state index is 6.13. The van der Waals surface area contributed by atoms with Crippen LogP contribution in [0.15, 0.2) is 0 Å². The predicted octanol–water partition coefficient (Wildman–Crippen LogP) is 2.26. The van der Waals surface area contributed by atoms with Crippen molar-refractivity contribution in [3.05, 3.63) is 0 Å². The van der Waals surface area contributed by atoms with Gasteiger partial charge in [-0.15, -0.1) is 0 Å². The molecule has 0 radical (unpaired) electrons. The highest BCUT2D eigenvalue weighted by molar-refractivity contribution is 7.99. The highest BCUT2D eigenvalue weighted by Crippen LogP contribution is 2.31. The van der Waals surface area contributed by atoms with Gasteiger partial charge in [0.15, 0.2) is 0 Å². The molecule has 0 aromatic heterocycles. The number of likely N-dealkylation sites (N-methyl/N-ethyl adjacent to an activating group) is 1. The van der Waals surface area contributed by atoms with Crippen LogP contribution in [0.1, 0.15) is 40.0 Å². The zero-order valence-corrected chi connectivity index (χ0v) is 14.0. The predicted molar refractivity (Wildman–Crippen MR) is 88.0 cm³/mol. The number of nitrogens with two attached hydrogens (primary N) is 1. The van der Waals surface area contributed by atoms with Crippen LogP contribution in [0, 0.1) is 0 Å². The first-order chi connectivity index (χ1) is 9.22. The first kappa shape index (κ1) is 17.3. The van der Waals surface area contributed by atoms with E-state index in [0.29, 0.717) is 0 Å². The van der Waals surface area contributed by atoms with Gasteiger partial charge in [0.25, 0.3) is 0 Å². The minimum Gasteiger partial charge on any atom is -0.329 e. The summed E-state index contributed by atoms with van der Waals surface area (Å²) in [4.78, 5) is 5.17. The molecule has 0 amide bonds. The first-order valence-electron chi connectivity index (χ1n) is 7.97. The molecule has 0 aromatic carbocycles. The molecule has 1 fully saturated rings. The van der Waals surface area contributed by atoms with Gasteiger partial charge in [0.05, 0.1) is 0 Å². The van der Waals surface area contributed by atoms with Crippen molar-refractivity contribution in [1.29, 1.82) is 0 Å².